The van der Waals surface area contributed by atoms with Crippen molar-refractivity contribution in [2.45, 2.75) is 38.6 Å². The van der Waals surface area contributed by atoms with Crippen molar-refractivity contribution in [3.05, 3.63) is 16.0 Å². The van der Waals surface area contributed by atoms with Crippen molar-refractivity contribution in [3.8, 4) is 6.07 Å². The number of nitrogens with two attached hydrogens (primary N) is 1. The smallest absolute Gasteiger partial charge is 0.224 e. The van der Waals surface area contributed by atoms with Crippen LogP contribution in [0, 0.1) is 23.2 Å². The summed E-state index contributed by atoms with van der Waals surface area (Å²) in [6.45, 7) is 3.63. The van der Waals surface area contributed by atoms with E-state index >= 15 is 0 Å². The Kier molecular flexibility index (Phi) is 4.60. The first-order valence-corrected chi connectivity index (χ1v) is 9.14. The SMILES string of the molecule is CCCNC(=O)C1CC2Cc3c(sc(N)c3C#N)CC2N(C)C1. The minimum atomic E-state index is 0.0517. The van der Waals surface area contributed by atoms with Gasteiger partial charge >= 0.3 is 0 Å². The Labute approximate surface area is 141 Å². The van der Waals surface area contributed by atoms with Crippen LogP contribution in [0.2, 0.25) is 0 Å². The van der Waals surface area contributed by atoms with Crippen LogP contribution in [-0.2, 0) is 17.6 Å². The molecule has 2 heterocycles. The second-order valence-corrected chi connectivity index (χ2v) is 7.89. The van der Waals surface area contributed by atoms with E-state index in [-0.39, 0.29) is 11.8 Å². The highest BCUT2D eigenvalue weighted by molar-refractivity contribution is 7.16. The summed E-state index contributed by atoms with van der Waals surface area (Å²) in [4.78, 5) is 15.9. The molecule has 3 unspecified atom stereocenters. The molecule has 6 heteroatoms. The van der Waals surface area contributed by atoms with Crippen molar-refractivity contribution >= 4 is 22.2 Å². The fourth-order valence-corrected chi connectivity index (χ4v) is 5.15. The normalized spacial score (nSPS) is 26.9. The summed E-state index contributed by atoms with van der Waals surface area (Å²) in [5.74, 6) is 0.656. The fourth-order valence-electron chi connectivity index (χ4n) is 4.05. The average molecular weight is 332 g/mol. The van der Waals surface area contributed by atoms with Crippen LogP contribution in [-0.4, -0.2) is 37.0 Å². The van der Waals surface area contributed by atoms with Gasteiger partial charge in [-0.05, 0) is 44.2 Å². The second kappa shape index (κ2) is 6.50. The Morgan fingerprint density at radius 3 is 3.00 bits per heavy atom. The van der Waals surface area contributed by atoms with E-state index in [1.54, 1.807) is 11.3 Å². The number of rotatable bonds is 3. The van der Waals surface area contributed by atoms with Gasteiger partial charge in [-0.3, -0.25) is 4.79 Å². The first-order chi connectivity index (χ1) is 11.0. The molecule has 0 aromatic carbocycles. The topological polar surface area (TPSA) is 82.1 Å². The van der Waals surface area contributed by atoms with Crippen molar-refractivity contribution in [1.82, 2.24) is 10.2 Å². The van der Waals surface area contributed by atoms with Crippen LogP contribution in [0.5, 0.6) is 0 Å². The van der Waals surface area contributed by atoms with Crippen molar-refractivity contribution in [1.29, 1.82) is 5.26 Å². The third-order valence-electron chi connectivity index (χ3n) is 5.22. The lowest BCUT2D eigenvalue weighted by molar-refractivity contribution is -0.128. The van der Waals surface area contributed by atoms with E-state index in [1.807, 2.05) is 0 Å². The molecule has 5 nitrogen and oxygen atoms in total. The second-order valence-electron chi connectivity index (χ2n) is 6.75. The van der Waals surface area contributed by atoms with Gasteiger partial charge in [-0.25, -0.2) is 0 Å². The molecule has 1 aliphatic heterocycles. The number of carbonyl (C=O) groups excluding carboxylic acids is 1. The molecule has 0 bridgehead atoms. The maximum atomic E-state index is 12.3. The van der Waals surface area contributed by atoms with E-state index < -0.39 is 0 Å². The molecular weight excluding hydrogens is 308 g/mol. The quantitative estimate of drug-likeness (QED) is 0.884. The molecular formula is C17H24N4OS. The maximum Gasteiger partial charge on any atom is 0.224 e. The molecule has 1 aliphatic carbocycles. The third kappa shape index (κ3) is 2.96. The minimum Gasteiger partial charge on any atom is -0.389 e. The molecule has 0 spiro atoms. The molecule has 1 amide bonds. The van der Waals surface area contributed by atoms with Gasteiger partial charge in [-0.1, -0.05) is 6.92 Å². The minimum absolute atomic E-state index is 0.0517. The Hall–Kier alpha value is -1.58. The molecule has 1 saturated heterocycles. The van der Waals surface area contributed by atoms with Gasteiger partial charge in [0.15, 0.2) is 0 Å². The van der Waals surface area contributed by atoms with Gasteiger partial charge in [0, 0.05) is 24.0 Å². The molecule has 3 rings (SSSR count). The Morgan fingerprint density at radius 1 is 1.52 bits per heavy atom. The van der Waals surface area contributed by atoms with Gasteiger partial charge in [0.25, 0.3) is 0 Å². The highest BCUT2D eigenvalue weighted by Crippen LogP contribution is 2.42. The first-order valence-electron chi connectivity index (χ1n) is 8.33. The summed E-state index contributed by atoms with van der Waals surface area (Å²) in [6.07, 6.45) is 3.70. The van der Waals surface area contributed by atoms with E-state index in [2.05, 4.69) is 30.3 Å². The number of likely N-dealkylation sites (tertiary alicyclic amines) is 1. The van der Waals surface area contributed by atoms with Crippen LogP contribution >= 0.6 is 11.3 Å². The van der Waals surface area contributed by atoms with Crippen LogP contribution in [0.3, 0.4) is 0 Å². The number of anilines is 1. The van der Waals surface area contributed by atoms with Crippen molar-refractivity contribution in [2.24, 2.45) is 11.8 Å². The molecule has 0 saturated carbocycles. The molecule has 3 atom stereocenters. The number of nitriles is 1. The summed E-state index contributed by atoms with van der Waals surface area (Å²) in [5, 5.41) is 13.0. The summed E-state index contributed by atoms with van der Waals surface area (Å²) >= 11 is 1.57. The number of nitrogen functional groups attached to an aromatic ring is 1. The van der Waals surface area contributed by atoms with E-state index in [4.69, 9.17) is 5.73 Å². The fraction of sp³-hybridized carbons (Fsp3) is 0.647. The lowest BCUT2D eigenvalue weighted by atomic mass is 9.74. The summed E-state index contributed by atoms with van der Waals surface area (Å²) in [6, 6.07) is 2.73. The van der Waals surface area contributed by atoms with Gasteiger partial charge in [-0.2, -0.15) is 5.26 Å². The lowest BCUT2D eigenvalue weighted by Crippen LogP contribution is -2.53. The monoisotopic (exact) mass is 332 g/mol. The molecule has 2 aliphatic rings. The number of nitrogens with one attached hydrogen (secondary N) is 1. The molecule has 1 aromatic heterocycles. The number of fused-ring (bicyclic) bond motifs is 2. The standard InChI is InChI=1S/C17H24N4OS/c1-3-4-20-17(22)11-5-10-6-12-13(8-18)16(19)23-15(12)7-14(10)21(2)9-11/h10-11,14H,3-7,9,19H2,1-2H3,(H,20,22). The molecule has 0 radical (unpaired) electrons. The zero-order valence-corrected chi connectivity index (χ0v) is 14.6. The van der Waals surface area contributed by atoms with Crippen LogP contribution in [0.15, 0.2) is 0 Å². The summed E-state index contributed by atoms with van der Waals surface area (Å²) < 4.78 is 0. The van der Waals surface area contributed by atoms with Crippen LogP contribution in [0.1, 0.15) is 35.8 Å². The van der Waals surface area contributed by atoms with Crippen molar-refractivity contribution in [3.63, 3.8) is 0 Å². The van der Waals surface area contributed by atoms with Gasteiger partial charge in [0.2, 0.25) is 5.91 Å². The highest BCUT2D eigenvalue weighted by atomic mass is 32.1. The zero-order valence-electron chi connectivity index (χ0n) is 13.8. The van der Waals surface area contributed by atoms with Gasteiger partial charge in [0.1, 0.15) is 11.1 Å². The number of carbonyl (C=O) groups is 1. The van der Waals surface area contributed by atoms with E-state index in [0.29, 0.717) is 22.5 Å². The molecule has 23 heavy (non-hydrogen) atoms. The summed E-state index contributed by atoms with van der Waals surface area (Å²) in [7, 11) is 2.12. The third-order valence-corrected chi connectivity index (χ3v) is 6.30. The van der Waals surface area contributed by atoms with E-state index in [9.17, 15) is 10.1 Å². The Morgan fingerprint density at radius 2 is 2.30 bits per heavy atom. The predicted molar refractivity (Wildman–Crippen MR) is 92.2 cm³/mol. The maximum absolute atomic E-state index is 12.3. The van der Waals surface area contributed by atoms with Crippen molar-refractivity contribution in [2.75, 3.05) is 25.9 Å². The zero-order chi connectivity index (χ0) is 16.6. The Bertz CT molecular complexity index is 648. The summed E-state index contributed by atoms with van der Waals surface area (Å²) in [5.41, 5.74) is 7.81. The van der Waals surface area contributed by atoms with Gasteiger partial charge in [-0.15, -0.1) is 11.3 Å². The number of likely N-dealkylation sites (N-methyl/N-ethyl adjacent to an activating group) is 1. The molecule has 1 fully saturated rings. The van der Waals surface area contributed by atoms with Gasteiger partial charge in [0.05, 0.1) is 11.5 Å². The molecule has 3 N–H and O–H groups in total. The van der Waals surface area contributed by atoms with Crippen molar-refractivity contribution < 1.29 is 4.79 Å². The number of piperidine rings is 1. The molecule has 124 valence electrons. The number of hydrogen-bond acceptors (Lipinski definition) is 5. The Balaban J connectivity index is 1.79. The lowest BCUT2D eigenvalue weighted by Gasteiger charge is -2.45. The van der Waals surface area contributed by atoms with Crippen LogP contribution < -0.4 is 11.1 Å². The van der Waals surface area contributed by atoms with E-state index in [0.717, 1.165) is 44.3 Å². The number of amides is 1. The predicted octanol–water partition coefficient (Wildman–Crippen LogP) is 1.76. The first kappa shape index (κ1) is 16.3. The van der Waals surface area contributed by atoms with Gasteiger partial charge < -0.3 is 16.0 Å². The van der Waals surface area contributed by atoms with Crippen LogP contribution in [0.25, 0.3) is 0 Å². The average Bonchev–Trinajstić information content (AvgIpc) is 2.84. The highest BCUT2D eigenvalue weighted by Gasteiger charge is 2.41. The largest absolute Gasteiger partial charge is 0.389 e. The number of thiophene rings is 1. The molecule has 1 aromatic rings. The number of nitrogens with zero attached hydrogens (tertiary/aromatic N) is 2. The van der Waals surface area contributed by atoms with E-state index in [1.165, 1.54) is 4.88 Å². The van der Waals surface area contributed by atoms with Crippen LogP contribution in [0.4, 0.5) is 5.00 Å². The number of hydrogen-bond donors (Lipinski definition) is 2.